The molecular formula is C49H58FN7O8S. The molecule has 2 saturated carbocycles. The van der Waals surface area contributed by atoms with Crippen molar-refractivity contribution in [1.29, 1.82) is 0 Å². The third-order valence-corrected chi connectivity index (χ3v) is 14.0. The third-order valence-electron chi connectivity index (χ3n) is 13.2. The van der Waals surface area contributed by atoms with Crippen molar-refractivity contribution in [3.63, 3.8) is 0 Å². The zero-order chi connectivity index (χ0) is 46.5. The zero-order valence-electron chi connectivity index (χ0n) is 37.5. The minimum atomic E-state index is -1.52. The molecule has 1 saturated heterocycles. The number of carboxylic acids is 1. The van der Waals surface area contributed by atoms with E-state index in [9.17, 15) is 28.7 Å². The van der Waals surface area contributed by atoms with Crippen molar-refractivity contribution in [2.24, 2.45) is 11.8 Å². The number of rotatable bonds is 12. The van der Waals surface area contributed by atoms with Gasteiger partial charge in [0.1, 0.15) is 46.7 Å². The summed E-state index contributed by atoms with van der Waals surface area (Å²) in [4.78, 5) is 81.3. The van der Waals surface area contributed by atoms with Crippen LogP contribution in [0.25, 0.3) is 22.3 Å². The summed E-state index contributed by atoms with van der Waals surface area (Å²) in [5, 5.41) is 25.6. The lowest BCUT2D eigenvalue weighted by Gasteiger charge is -2.32. The Morgan fingerprint density at radius 3 is 2.47 bits per heavy atom. The summed E-state index contributed by atoms with van der Waals surface area (Å²) in [6.45, 7) is 4.00. The highest BCUT2D eigenvalue weighted by Gasteiger charge is 2.61. The second-order valence-corrected chi connectivity index (χ2v) is 19.1. The van der Waals surface area contributed by atoms with Gasteiger partial charge in [-0.05, 0) is 94.7 Å². The van der Waals surface area contributed by atoms with Gasteiger partial charge in [-0.25, -0.2) is 23.9 Å². The maximum absolute atomic E-state index is 15.0. The fourth-order valence-corrected chi connectivity index (χ4v) is 10.4. The van der Waals surface area contributed by atoms with Gasteiger partial charge in [0.05, 0.1) is 30.9 Å². The molecule has 6 atom stereocenters. The summed E-state index contributed by atoms with van der Waals surface area (Å²) in [6.07, 6.45) is 10.6. The average Bonchev–Trinajstić information content (AvgIpc) is 3.56. The van der Waals surface area contributed by atoms with E-state index >= 15 is 4.79 Å². The highest BCUT2D eigenvalue weighted by Crippen LogP contribution is 2.46. The number of thiazole rings is 1. The van der Waals surface area contributed by atoms with Crippen molar-refractivity contribution in [3.8, 4) is 22.9 Å². The predicted molar refractivity (Wildman–Crippen MR) is 248 cm³/mol. The molecule has 66 heavy (non-hydrogen) atoms. The number of aliphatic carboxylic acids is 1. The number of carboxylic acid groups (broad SMARTS) is 1. The number of allylic oxidation sites excluding steroid dienone is 1. The van der Waals surface area contributed by atoms with Crippen molar-refractivity contribution in [3.05, 3.63) is 77.4 Å². The first-order chi connectivity index (χ1) is 31.8. The van der Waals surface area contributed by atoms with E-state index in [2.05, 4.69) is 21.3 Å². The lowest BCUT2D eigenvalue weighted by molar-refractivity contribution is -0.145. The van der Waals surface area contributed by atoms with Gasteiger partial charge in [-0.15, -0.1) is 11.3 Å². The number of anilines is 1. The van der Waals surface area contributed by atoms with Crippen LogP contribution in [-0.2, 0) is 14.4 Å². The molecule has 350 valence electrons. The number of hydrogen-bond donors (Lipinski definition) is 5. The van der Waals surface area contributed by atoms with Gasteiger partial charge < -0.3 is 40.7 Å². The Labute approximate surface area is 387 Å². The molecular weight excluding hydrogens is 866 g/mol. The predicted octanol–water partition coefficient (Wildman–Crippen LogP) is 7.65. The molecule has 0 radical (unpaired) electrons. The third kappa shape index (κ3) is 10.5. The van der Waals surface area contributed by atoms with Crippen molar-refractivity contribution in [2.45, 2.75) is 127 Å². The van der Waals surface area contributed by atoms with Gasteiger partial charge in [0.15, 0.2) is 10.9 Å². The van der Waals surface area contributed by atoms with Gasteiger partial charge >= 0.3 is 12.0 Å². The van der Waals surface area contributed by atoms with Crippen LogP contribution in [0.3, 0.4) is 0 Å². The van der Waals surface area contributed by atoms with Crippen molar-refractivity contribution in [1.82, 2.24) is 30.8 Å². The van der Waals surface area contributed by atoms with Gasteiger partial charge in [0, 0.05) is 46.8 Å². The van der Waals surface area contributed by atoms with E-state index in [0.717, 1.165) is 50.1 Å². The average molecular weight is 924 g/mol. The smallest absolute Gasteiger partial charge is 0.330 e. The molecule has 4 aromatic rings. The fraction of sp³-hybridized carbons (Fsp3) is 0.490. The molecule has 0 spiro atoms. The second kappa shape index (κ2) is 20.2. The Morgan fingerprint density at radius 2 is 1.73 bits per heavy atom. The van der Waals surface area contributed by atoms with Crippen LogP contribution in [0.5, 0.6) is 11.5 Å². The Morgan fingerprint density at radius 1 is 0.970 bits per heavy atom. The quantitative estimate of drug-likeness (QED) is 0.0690. The molecule has 15 nitrogen and oxygen atoms in total. The summed E-state index contributed by atoms with van der Waals surface area (Å²) < 4.78 is 26.2. The number of aromatic nitrogens is 2. The molecule has 4 amide bonds. The number of methoxy groups -OCH3 is 1. The number of pyridine rings is 1. The van der Waals surface area contributed by atoms with Gasteiger partial charge in [0.2, 0.25) is 11.8 Å². The molecule has 1 unspecified atom stereocenters. The number of Topliss-reactive ketones (excluding diaryl/α,β-unsaturated/α-hetero) is 1. The molecule has 2 aromatic carbocycles. The van der Waals surface area contributed by atoms with E-state index < -0.39 is 65.3 Å². The van der Waals surface area contributed by atoms with E-state index in [0.29, 0.717) is 46.6 Å². The number of carbonyl (C=O) groups is 5. The molecule has 4 heterocycles. The highest BCUT2D eigenvalue weighted by atomic mass is 32.1. The van der Waals surface area contributed by atoms with Gasteiger partial charge in [-0.3, -0.25) is 14.4 Å². The topological polar surface area (TPSA) is 201 Å². The van der Waals surface area contributed by atoms with Crippen molar-refractivity contribution < 1.29 is 42.9 Å². The van der Waals surface area contributed by atoms with Crippen molar-refractivity contribution in [2.75, 3.05) is 19.0 Å². The van der Waals surface area contributed by atoms with Crippen LogP contribution >= 0.6 is 11.3 Å². The van der Waals surface area contributed by atoms with E-state index in [1.54, 1.807) is 25.3 Å². The van der Waals surface area contributed by atoms with Gasteiger partial charge in [0.25, 0.3) is 0 Å². The Bertz CT molecular complexity index is 2470. The standard InChI is InChI=1S/C49H58FN7O8S/c1-28(2)51-48-54-39(27-66-48)38-24-41(35-21-20-33(64-3)22-37(35)52-38)65-34-23-40-44(59)56-49(46(61)62)25-31(49)14-10-5-4-6-11-15-36(45(60)57(40)26-34)53-47(63)55-42(29-12-8-7-9-13-29)43(58)30-16-18-32(50)19-17-30/h10,14,16-22,24,27-29,31,34,36,40,42H,4-9,11-13,15,23,25-26H2,1-3H3,(H,51,54)(H,56,59)(H,61,62)(H2,53,55,63)/b14-10-/t31?,34-,36-,40+,42+,49-/m1/s1. The first kappa shape index (κ1) is 46.4. The number of halogens is 1. The normalized spacial score (nSPS) is 24.8. The van der Waals surface area contributed by atoms with Crippen LogP contribution in [0, 0.1) is 17.7 Å². The number of urea groups is 1. The summed E-state index contributed by atoms with van der Waals surface area (Å²) in [6, 6.07) is 8.74. The number of amides is 4. The van der Waals surface area contributed by atoms with E-state index in [1.165, 1.54) is 40.5 Å². The van der Waals surface area contributed by atoms with Crippen LogP contribution in [-0.4, -0.2) is 99.0 Å². The largest absolute Gasteiger partial charge is 0.497 e. The summed E-state index contributed by atoms with van der Waals surface area (Å²) in [7, 11) is 1.57. The first-order valence-electron chi connectivity index (χ1n) is 23.1. The SMILES string of the molecule is COc1ccc2c(O[C@@H]3C[C@H]4C(=O)N[C@]5(C(=O)O)CC5/C=C\CCCCC[C@@H](NC(=O)N[C@H](C(=O)c5ccc(F)cc5)C5CCCCC5)C(=O)N4C3)cc(-c3csc(NC(C)C)n3)nc2c1. The lowest BCUT2D eigenvalue weighted by Crippen LogP contribution is -2.58. The summed E-state index contributed by atoms with van der Waals surface area (Å²) in [5.74, 6) is -2.68. The molecule has 2 aromatic heterocycles. The van der Waals surface area contributed by atoms with E-state index in [1.807, 2.05) is 37.4 Å². The van der Waals surface area contributed by atoms with Crippen LogP contribution in [0.4, 0.5) is 14.3 Å². The monoisotopic (exact) mass is 923 g/mol. The maximum Gasteiger partial charge on any atom is 0.330 e. The van der Waals surface area contributed by atoms with Crippen molar-refractivity contribution >= 4 is 57.0 Å². The zero-order valence-corrected chi connectivity index (χ0v) is 38.3. The van der Waals surface area contributed by atoms with Crippen LogP contribution in [0.1, 0.15) is 101 Å². The molecule has 4 aliphatic rings. The number of nitrogens with zero attached hydrogens (tertiary/aromatic N) is 3. The highest BCUT2D eigenvalue weighted by molar-refractivity contribution is 7.14. The second-order valence-electron chi connectivity index (χ2n) is 18.3. The van der Waals surface area contributed by atoms with E-state index in [4.69, 9.17) is 19.4 Å². The van der Waals surface area contributed by atoms with Crippen LogP contribution in [0.2, 0.25) is 0 Å². The molecule has 2 aliphatic heterocycles. The van der Waals surface area contributed by atoms with Gasteiger partial charge in [-0.1, -0.05) is 44.3 Å². The number of ketones is 1. The maximum atomic E-state index is 15.0. The molecule has 17 heteroatoms. The summed E-state index contributed by atoms with van der Waals surface area (Å²) >= 11 is 1.45. The Hall–Kier alpha value is -6.10. The van der Waals surface area contributed by atoms with Gasteiger partial charge in [-0.2, -0.15) is 0 Å². The molecule has 8 rings (SSSR count). The molecule has 3 fully saturated rings. The van der Waals surface area contributed by atoms with Crippen LogP contribution < -0.4 is 30.7 Å². The number of nitrogens with one attached hydrogen (secondary N) is 4. The number of ether oxygens (including phenoxy) is 2. The molecule has 2 aliphatic carbocycles. The number of benzene rings is 2. The number of fused-ring (bicyclic) bond motifs is 3. The molecule has 0 bridgehead atoms. The Kier molecular flexibility index (Phi) is 14.2. The Balaban J connectivity index is 1.10. The summed E-state index contributed by atoms with van der Waals surface area (Å²) in [5.41, 5.74) is 0.488. The first-order valence-corrected chi connectivity index (χ1v) is 24.0. The lowest BCUT2D eigenvalue weighted by atomic mass is 9.81. The van der Waals surface area contributed by atoms with Crippen LogP contribution in [0.15, 0.2) is 66.1 Å². The number of carbonyl (C=O) groups excluding carboxylic acids is 4. The van der Waals surface area contributed by atoms with E-state index in [-0.39, 0.29) is 49.1 Å². The fourth-order valence-electron chi connectivity index (χ4n) is 9.56. The minimum absolute atomic E-state index is 0.0249. The minimum Gasteiger partial charge on any atom is -0.497 e. The molecule has 5 N–H and O–H groups in total. The number of hydrogen-bond acceptors (Lipinski definition) is 11.